The Bertz CT molecular complexity index is 728. The van der Waals surface area contributed by atoms with Crippen molar-refractivity contribution < 1.29 is 26.7 Å². The monoisotopic (exact) mass is 361 g/mol. The third-order valence-electron chi connectivity index (χ3n) is 3.69. The zero-order valence-electron chi connectivity index (χ0n) is 13.9. The van der Waals surface area contributed by atoms with Gasteiger partial charge in [0.1, 0.15) is 5.60 Å². The molecule has 24 heavy (non-hydrogen) atoms. The van der Waals surface area contributed by atoms with Gasteiger partial charge in [0, 0.05) is 13.1 Å². The number of sulfone groups is 1. The molecule has 0 saturated carbocycles. The zero-order chi connectivity index (χ0) is 18.1. The summed E-state index contributed by atoms with van der Waals surface area (Å²) >= 11 is 0. The van der Waals surface area contributed by atoms with E-state index in [9.17, 15) is 22.0 Å². The molecule has 2 rings (SSSR count). The van der Waals surface area contributed by atoms with Crippen molar-refractivity contribution in [2.75, 3.05) is 13.1 Å². The van der Waals surface area contributed by atoms with E-state index >= 15 is 0 Å². The molecule has 8 heteroatoms. The average Bonchev–Trinajstić information content (AvgIpc) is 2.48. The van der Waals surface area contributed by atoms with Crippen molar-refractivity contribution in [3.8, 4) is 0 Å². The van der Waals surface area contributed by atoms with Crippen molar-refractivity contribution in [1.82, 2.24) is 4.90 Å². The first-order chi connectivity index (χ1) is 11.0. The number of benzene rings is 1. The third kappa shape index (κ3) is 4.23. The maximum atomic E-state index is 13.3. The lowest BCUT2D eigenvalue weighted by Gasteiger charge is -2.33. The van der Waals surface area contributed by atoms with E-state index in [1.54, 1.807) is 20.8 Å². The molecule has 0 unspecified atom stereocenters. The number of piperidine rings is 1. The quantitative estimate of drug-likeness (QED) is 0.759. The van der Waals surface area contributed by atoms with Crippen molar-refractivity contribution in [2.24, 2.45) is 0 Å². The number of likely N-dealkylation sites (tertiary alicyclic amines) is 1. The highest BCUT2D eigenvalue weighted by Crippen LogP contribution is 2.26. The fourth-order valence-electron chi connectivity index (χ4n) is 2.53. The molecule has 1 amide bonds. The first-order valence-corrected chi connectivity index (χ1v) is 9.22. The minimum Gasteiger partial charge on any atom is -0.444 e. The van der Waals surface area contributed by atoms with Crippen LogP contribution in [0.15, 0.2) is 23.1 Å². The van der Waals surface area contributed by atoms with Crippen LogP contribution in [0.4, 0.5) is 13.6 Å². The van der Waals surface area contributed by atoms with E-state index in [2.05, 4.69) is 0 Å². The molecular weight excluding hydrogens is 340 g/mol. The first kappa shape index (κ1) is 18.6. The van der Waals surface area contributed by atoms with Gasteiger partial charge >= 0.3 is 6.09 Å². The van der Waals surface area contributed by atoms with E-state index in [1.165, 1.54) is 4.90 Å². The molecule has 1 aromatic rings. The summed E-state index contributed by atoms with van der Waals surface area (Å²) in [6, 6.07) is 2.51. The predicted octanol–water partition coefficient (Wildman–Crippen LogP) is 3.14. The molecule has 1 heterocycles. The summed E-state index contributed by atoms with van der Waals surface area (Å²) in [5, 5.41) is -0.872. The minimum atomic E-state index is -3.87. The molecule has 0 aromatic heterocycles. The van der Waals surface area contributed by atoms with Crippen LogP contribution in [0.2, 0.25) is 0 Å². The molecule has 0 spiro atoms. The fourth-order valence-corrected chi connectivity index (χ4v) is 4.29. The maximum absolute atomic E-state index is 13.3. The molecule has 5 nitrogen and oxygen atoms in total. The lowest BCUT2D eigenvalue weighted by atomic mass is 10.1. The van der Waals surface area contributed by atoms with Crippen molar-refractivity contribution in [3.05, 3.63) is 29.8 Å². The van der Waals surface area contributed by atoms with Crippen LogP contribution in [0.25, 0.3) is 0 Å². The topological polar surface area (TPSA) is 63.7 Å². The Hall–Kier alpha value is -1.70. The van der Waals surface area contributed by atoms with Crippen molar-refractivity contribution in [3.63, 3.8) is 0 Å². The summed E-state index contributed by atoms with van der Waals surface area (Å²) in [5.41, 5.74) is -0.678. The van der Waals surface area contributed by atoms with Gasteiger partial charge in [0.05, 0.1) is 10.1 Å². The lowest BCUT2D eigenvalue weighted by molar-refractivity contribution is 0.0219. The molecule has 1 aliphatic rings. The molecule has 134 valence electrons. The molecule has 1 fully saturated rings. The Kier molecular flexibility index (Phi) is 5.17. The van der Waals surface area contributed by atoms with Crippen LogP contribution in [0.1, 0.15) is 33.6 Å². The Morgan fingerprint density at radius 1 is 1.25 bits per heavy atom. The largest absolute Gasteiger partial charge is 0.444 e. The molecule has 0 bridgehead atoms. The van der Waals surface area contributed by atoms with E-state index in [0.29, 0.717) is 25.5 Å². The second kappa shape index (κ2) is 6.66. The van der Waals surface area contributed by atoms with Crippen LogP contribution in [0, 0.1) is 11.6 Å². The van der Waals surface area contributed by atoms with E-state index in [-0.39, 0.29) is 11.4 Å². The standard InChI is InChI=1S/C16H21F2NO4S/c1-16(2,3)23-15(20)19-8-4-5-12(10-19)24(21,22)11-6-7-13(17)14(18)9-11/h6-7,9,12H,4-5,8,10H2,1-3H3/t12-/m1/s1. The maximum Gasteiger partial charge on any atom is 0.410 e. The Balaban J connectivity index is 2.18. The third-order valence-corrected chi connectivity index (χ3v) is 5.86. The highest BCUT2D eigenvalue weighted by Gasteiger charge is 2.35. The van der Waals surface area contributed by atoms with Crippen LogP contribution in [-0.2, 0) is 14.6 Å². The molecular formula is C16H21F2NO4S. The SMILES string of the molecule is CC(C)(C)OC(=O)N1CCC[C@@H](S(=O)(=O)c2ccc(F)c(F)c2)C1. The highest BCUT2D eigenvalue weighted by molar-refractivity contribution is 7.92. The summed E-state index contributed by atoms with van der Waals surface area (Å²) in [5.74, 6) is -2.32. The van der Waals surface area contributed by atoms with E-state index in [4.69, 9.17) is 4.74 Å². The van der Waals surface area contributed by atoms with Gasteiger partial charge in [-0.15, -0.1) is 0 Å². The summed E-state index contributed by atoms with van der Waals surface area (Å²) in [6.45, 7) is 5.55. The van der Waals surface area contributed by atoms with E-state index in [0.717, 1.165) is 12.1 Å². The Morgan fingerprint density at radius 3 is 2.50 bits per heavy atom. The first-order valence-electron chi connectivity index (χ1n) is 7.67. The number of amides is 1. The van der Waals surface area contributed by atoms with E-state index < -0.39 is 38.4 Å². The van der Waals surface area contributed by atoms with Crippen LogP contribution in [0.3, 0.4) is 0 Å². The number of nitrogens with zero attached hydrogens (tertiary/aromatic N) is 1. The summed E-state index contributed by atoms with van der Waals surface area (Å²) in [7, 11) is -3.87. The van der Waals surface area contributed by atoms with Crippen molar-refractivity contribution >= 4 is 15.9 Å². The van der Waals surface area contributed by atoms with Crippen molar-refractivity contribution in [1.29, 1.82) is 0 Å². The van der Waals surface area contributed by atoms with Crippen LogP contribution < -0.4 is 0 Å². The van der Waals surface area contributed by atoms with E-state index in [1.807, 2.05) is 0 Å². The number of rotatable bonds is 2. The Morgan fingerprint density at radius 2 is 1.92 bits per heavy atom. The van der Waals surface area contributed by atoms with Crippen LogP contribution >= 0.6 is 0 Å². The van der Waals surface area contributed by atoms with Gasteiger partial charge in [-0.25, -0.2) is 22.0 Å². The molecule has 0 aliphatic carbocycles. The summed E-state index contributed by atoms with van der Waals surface area (Å²) in [4.78, 5) is 13.2. The predicted molar refractivity (Wildman–Crippen MR) is 84.4 cm³/mol. The second-order valence-corrected chi connectivity index (χ2v) is 9.04. The second-order valence-electron chi connectivity index (χ2n) is 6.81. The smallest absolute Gasteiger partial charge is 0.410 e. The molecule has 1 atom stereocenters. The van der Waals surface area contributed by atoms with Gasteiger partial charge in [-0.1, -0.05) is 0 Å². The van der Waals surface area contributed by atoms with Crippen LogP contribution in [-0.4, -0.2) is 43.4 Å². The number of carbonyl (C=O) groups is 1. The lowest BCUT2D eigenvalue weighted by Crippen LogP contribution is -2.47. The number of halogens is 2. The average molecular weight is 361 g/mol. The number of ether oxygens (including phenoxy) is 1. The molecule has 1 aliphatic heterocycles. The summed E-state index contributed by atoms with van der Waals surface area (Å²) < 4.78 is 56.9. The van der Waals surface area contributed by atoms with Gasteiger partial charge in [-0.2, -0.15) is 0 Å². The van der Waals surface area contributed by atoms with Gasteiger partial charge in [0.15, 0.2) is 21.5 Å². The summed E-state index contributed by atoms with van der Waals surface area (Å²) in [6.07, 6.45) is 0.265. The van der Waals surface area contributed by atoms with Crippen LogP contribution in [0.5, 0.6) is 0 Å². The van der Waals surface area contributed by atoms with Crippen molar-refractivity contribution in [2.45, 2.75) is 49.4 Å². The van der Waals surface area contributed by atoms with Gasteiger partial charge in [0.25, 0.3) is 0 Å². The highest BCUT2D eigenvalue weighted by atomic mass is 32.2. The fraction of sp³-hybridized carbons (Fsp3) is 0.562. The van der Waals surface area contributed by atoms with Gasteiger partial charge < -0.3 is 9.64 Å². The number of carbonyl (C=O) groups excluding carboxylic acids is 1. The van der Waals surface area contributed by atoms with Gasteiger partial charge in [-0.3, -0.25) is 0 Å². The molecule has 1 saturated heterocycles. The molecule has 0 radical (unpaired) electrons. The molecule has 0 N–H and O–H groups in total. The number of hydrogen-bond acceptors (Lipinski definition) is 4. The zero-order valence-corrected chi connectivity index (χ0v) is 14.7. The minimum absolute atomic E-state index is 0.0315. The van der Waals surface area contributed by atoms with Gasteiger partial charge in [-0.05, 0) is 51.8 Å². The van der Waals surface area contributed by atoms with Gasteiger partial charge in [0.2, 0.25) is 0 Å². The number of hydrogen-bond donors (Lipinski definition) is 0. The normalized spacial score (nSPS) is 19.2. The Labute approximate surface area is 140 Å². The molecule has 1 aromatic carbocycles.